The fourth-order valence-corrected chi connectivity index (χ4v) is 8.62. The first-order valence-corrected chi connectivity index (χ1v) is 16.1. The van der Waals surface area contributed by atoms with Crippen LogP contribution in [-0.2, 0) is 4.74 Å². The molecule has 44 heavy (non-hydrogen) atoms. The molecule has 3 atom stereocenters. The van der Waals surface area contributed by atoms with Crippen LogP contribution in [0.25, 0.3) is 32.1 Å². The predicted octanol–water partition coefficient (Wildman–Crippen LogP) is 6.49. The van der Waals surface area contributed by atoms with Crippen LogP contribution < -0.4 is 15.4 Å². The van der Waals surface area contributed by atoms with Crippen molar-refractivity contribution in [2.45, 2.75) is 44.8 Å². The summed E-state index contributed by atoms with van der Waals surface area (Å²) in [6, 6.07) is 7.22. The second-order valence-electron chi connectivity index (χ2n) is 12.3. The molecular weight excluding hydrogens is 606 g/mol. The predicted molar refractivity (Wildman–Crippen MR) is 170 cm³/mol. The Hall–Kier alpha value is -3.30. The maximum atomic E-state index is 14.9. The van der Waals surface area contributed by atoms with Crippen LogP contribution >= 0.6 is 22.9 Å². The Balaban J connectivity index is 1.40. The highest BCUT2D eigenvalue weighted by molar-refractivity contribution is 7.23. The number of aromatic nitrogens is 2. The van der Waals surface area contributed by atoms with Crippen molar-refractivity contribution in [3.63, 3.8) is 0 Å². The largest absolute Gasteiger partial charge is 0.461 e. The molecule has 0 aliphatic carbocycles. The first kappa shape index (κ1) is 29.4. The monoisotopic (exact) mass is 638 g/mol. The molecule has 0 saturated carbocycles. The van der Waals surface area contributed by atoms with E-state index in [0.717, 1.165) is 48.2 Å². The van der Waals surface area contributed by atoms with Gasteiger partial charge in [0.25, 0.3) is 0 Å². The molecule has 7 rings (SSSR count). The van der Waals surface area contributed by atoms with Crippen LogP contribution in [0.1, 0.15) is 37.3 Å². The molecule has 2 aromatic carbocycles. The van der Waals surface area contributed by atoms with E-state index in [1.807, 2.05) is 13.0 Å². The van der Waals surface area contributed by atoms with Gasteiger partial charge in [0.2, 0.25) is 0 Å². The van der Waals surface area contributed by atoms with Gasteiger partial charge in [-0.1, -0.05) is 24.6 Å². The molecule has 4 aromatic rings. The highest BCUT2D eigenvalue weighted by atomic mass is 35.5. The molecule has 0 spiro atoms. The number of nitriles is 1. The number of halogens is 3. The van der Waals surface area contributed by atoms with E-state index in [9.17, 15) is 14.0 Å². The zero-order chi connectivity index (χ0) is 30.7. The van der Waals surface area contributed by atoms with E-state index in [1.54, 1.807) is 6.07 Å². The van der Waals surface area contributed by atoms with Crippen molar-refractivity contribution < 1.29 is 18.3 Å². The number of nitrogens with zero attached hydrogens (tertiary/aromatic N) is 5. The first-order valence-electron chi connectivity index (χ1n) is 15.0. The van der Waals surface area contributed by atoms with Crippen molar-refractivity contribution in [1.82, 2.24) is 14.9 Å². The van der Waals surface area contributed by atoms with Crippen molar-refractivity contribution in [3.05, 3.63) is 40.2 Å². The van der Waals surface area contributed by atoms with E-state index in [2.05, 4.69) is 22.8 Å². The topological polar surface area (TPSA) is 101 Å². The molecule has 3 fully saturated rings. The minimum absolute atomic E-state index is 0.215. The van der Waals surface area contributed by atoms with Gasteiger partial charge in [-0.25, -0.2) is 8.78 Å². The van der Waals surface area contributed by atoms with Gasteiger partial charge in [0, 0.05) is 47.4 Å². The van der Waals surface area contributed by atoms with Crippen LogP contribution in [-0.4, -0.2) is 72.6 Å². The number of aryl methyl sites for hydroxylation is 1. The maximum absolute atomic E-state index is 14.9. The highest BCUT2D eigenvalue weighted by Gasteiger charge is 2.49. The number of hydrogen-bond acceptors (Lipinski definition) is 9. The van der Waals surface area contributed by atoms with E-state index < -0.39 is 12.0 Å². The third kappa shape index (κ3) is 4.83. The van der Waals surface area contributed by atoms with Gasteiger partial charge in [-0.2, -0.15) is 15.2 Å². The molecule has 12 heteroatoms. The Morgan fingerprint density at radius 2 is 2.14 bits per heavy atom. The van der Waals surface area contributed by atoms with Crippen molar-refractivity contribution in [3.8, 4) is 23.2 Å². The fraction of sp³-hybridized carbons (Fsp3) is 0.469. The van der Waals surface area contributed by atoms with Crippen LogP contribution in [0, 0.1) is 30.0 Å². The number of nitrogens with two attached hydrogens (primary N) is 1. The Labute approximate surface area is 263 Å². The highest BCUT2D eigenvalue weighted by Crippen LogP contribution is 2.46. The van der Waals surface area contributed by atoms with Gasteiger partial charge in [0.15, 0.2) is 0 Å². The quantitative estimate of drug-likeness (QED) is 0.265. The van der Waals surface area contributed by atoms with Gasteiger partial charge >= 0.3 is 6.01 Å². The number of rotatable bonds is 5. The van der Waals surface area contributed by atoms with Gasteiger partial charge in [0.1, 0.15) is 35.5 Å². The lowest BCUT2D eigenvalue weighted by molar-refractivity contribution is 0.107. The van der Waals surface area contributed by atoms with E-state index in [-0.39, 0.29) is 28.0 Å². The van der Waals surface area contributed by atoms with Crippen LogP contribution in [0.5, 0.6) is 6.01 Å². The van der Waals surface area contributed by atoms with Crippen molar-refractivity contribution in [1.29, 1.82) is 5.26 Å². The molecule has 230 valence electrons. The summed E-state index contributed by atoms with van der Waals surface area (Å²) < 4.78 is 41.9. The van der Waals surface area contributed by atoms with Crippen LogP contribution in [0.4, 0.5) is 19.6 Å². The van der Waals surface area contributed by atoms with E-state index in [4.69, 9.17) is 36.8 Å². The Kier molecular flexibility index (Phi) is 7.52. The molecule has 0 bridgehead atoms. The maximum Gasteiger partial charge on any atom is 0.319 e. The molecule has 1 unspecified atom stereocenters. The SMILES string of the molecule is Cc1c(-c2ccc(F)c3sc(N)c(C#N)c23)c(Cl)cc2c(N3CCOCC(C)C3)nc(OC[C@@]34CCCN3C[C@H](F)C4)nc12. The summed E-state index contributed by atoms with van der Waals surface area (Å²) in [6.07, 6.45) is 1.46. The summed E-state index contributed by atoms with van der Waals surface area (Å²) in [5.74, 6) is 0.517. The number of fused-ring (bicyclic) bond motifs is 3. The summed E-state index contributed by atoms with van der Waals surface area (Å²) in [6.45, 7) is 8.21. The number of benzene rings is 2. The van der Waals surface area contributed by atoms with Crippen molar-refractivity contribution >= 4 is 54.7 Å². The van der Waals surface area contributed by atoms with Gasteiger partial charge in [0.05, 0.1) is 34.5 Å². The third-order valence-corrected chi connectivity index (χ3v) is 10.6. The van der Waals surface area contributed by atoms with Crippen LogP contribution in [0.3, 0.4) is 0 Å². The van der Waals surface area contributed by atoms with Crippen molar-refractivity contribution in [2.24, 2.45) is 5.92 Å². The summed E-state index contributed by atoms with van der Waals surface area (Å²) in [5.41, 5.74) is 8.64. The standard InChI is InChI=1S/C32H33ClF2N6O2S/c1-17-13-40(8-9-42-15-17)30-21-10-23(33)25(20-4-5-24(35)28-26(20)22(12-36)29(37)44-28)18(2)27(21)38-31(39-30)43-16-32-6-3-7-41(32)14-19(34)11-32/h4-5,10,17,19H,3,6-9,11,13-16,37H2,1-2H3/t17?,19-,32+/m1/s1. The molecule has 3 saturated heterocycles. The molecule has 2 N–H and O–H groups in total. The van der Waals surface area contributed by atoms with Gasteiger partial charge in [-0.15, -0.1) is 11.3 Å². The van der Waals surface area contributed by atoms with Gasteiger partial charge in [-0.05, 0) is 55.5 Å². The van der Waals surface area contributed by atoms with Gasteiger partial charge in [-0.3, -0.25) is 4.90 Å². The second kappa shape index (κ2) is 11.2. The number of nitrogen functional groups attached to an aromatic ring is 1. The van der Waals surface area contributed by atoms with Crippen LogP contribution in [0.15, 0.2) is 18.2 Å². The number of anilines is 2. The fourth-order valence-electron chi connectivity index (χ4n) is 7.32. The third-order valence-electron chi connectivity index (χ3n) is 9.31. The Bertz CT molecular complexity index is 1830. The molecule has 3 aliphatic rings. The molecular formula is C32H33ClF2N6O2S. The van der Waals surface area contributed by atoms with Gasteiger partial charge < -0.3 is 20.1 Å². The average Bonchev–Trinajstić information content (AvgIpc) is 3.57. The minimum atomic E-state index is -0.866. The number of thiophene rings is 1. The first-order chi connectivity index (χ1) is 21.2. The van der Waals surface area contributed by atoms with E-state index in [1.165, 1.54) is 6.07 Å². The number of alkyl halides is 1. The lowest BCUT2D eigenvalue weighted by Gasteiger charge is -2.31. The molecule has 8 nitrogen and oxygen atoms in total. The second-order valence-corrected chi connectivity index (χ2v) is 13.8. The summed E-state index contributed by atoms with van der Waals surface area (Å²) in [7, 11) is 0. The summed E-state index contributed by atoms with van der Waals surface area (Å²) in [5, 5.41) is 11.8. The number of hydrogen-bond donors (Lipinski definition) is 1. The zero-order valence-corrected chi connectivity index (χ0v) is 26.2. The zero-order valence-electron chi connectivity index (χ0n) is 24.6. The van der Waals surface area contributed by atoms with Crippen molar-refractivity contribution in [2.75, 3.05) is 56.6 Å². The number of ether oxygens (including phenoxy) is 2. The molecule has 3 aliphatic heterocycles. The summed E-state index contributed by atoms with van der Waals surface area (Å²) >= 11 is 8.09. The average molecular weight is 639 g/mol. The molecule has 2 aromatic heterocycles. The van der Waals surface area contributed by atoms with Crippen LogP contribution in [0.2, 0.25) is 5.02 Å². The Morgan fingerprint density at radius 3 is 2.95 bits per heavy atom. The smallest absolute Gasteiger partial charge is 0.319 e. The Morgan fingerprint density at radius 1 is 1.30 bits per heavy atom. The van der Waals surface area contributed by atoms with E-state index in [0.29, 0.717) is 76.9 Å². The summed E-state index contributed by atoms with van der Waals surface area (Å²) in [4.78, 5) is 14.2. The normalized spacial score (nSPS) is 24.1. The van der Waals surface area contributed by atoms with E-state index >= 15 is 0 Å². The lowest BCUT2D eigenvalue weighted by Crippen LogP contribution is -2.43. The molecule has 5 heterocycles. The lowest BCUT2D eigenvalue weighted by atomic mass is 9.93. The molecule has 0 amide bonds. The molecule has 0 radical (unpaired) electrons. The minimum Gasteiger partial charge on any atom is -0.461 e.